The molecule has 1 saturated carbocycles. The largest absolute Gasteiger partial charge is 0.394 e. The van der Waals surface area contributed by atoms with E-state index in [-0.39, 0.29) is 24.4 Å². The van der Waals surface area contributed by atoms with Crippen molar-refractivity contribution in [1.29, 1.82) is 0 Å². The van der Waals surface area contributed by atoms with Gasteiger partial charge in [-0.3, -0.25) is 4.79 Å². The SMILES string of the molecule is CN(c1snc(N)c1C(=O)NC1CC1)C(C)(C)CO. The van der Waals surface area contributed by atoms with E-state index in [1.54, 1.807) is 0 Å². The average Bonchev–Trinajstić information content (AvgIpc) is 3.08. The molecule has 1 aliphatic rings. The maximum absolute atomic E-state index is 12.2. The first-order valence-corrected chi connectivity index (χ1v) is 7.05. The third-order valence-electron chi connectivity index (χ3n) is 3.44. The molecule has 0 unspecified atom stereocenters. The molecule has 7 heteroatoms. The third kappa shape index (κ3) is 2.82. The molecule has 2 rings (SSSR count). The zero-order valence-corrected chi connectivity index (χ0v) is 12.3. The second kappa shape index (κ2) is 4.97. The maximum atomic E-state index is 12.2. The summed E-state index contributed by atoms with van der Waals surface area (Å²) in [5.41, 5.74) is 5.75. The number of aliphatic hydroxyl groups is 1. The first-order valence-electron chi connectivity index (χ1n) is 6.27. The van der Waals surface area contributed by atoms with E-state index < -0.39 is 5.54 Å². The van der Waals surface area contributed by atoms with E-state index in [1.165, 1.54) is 11.5 Å². The molecule has 4 N–H and O–H groups in total. The van der Waals surface area contributed by atoms with Crippen LogP contribution in [-0.4, -0.2) is 40.6 Å². The topological polar surface area (TPSA) is 91.5 Å². The number of likely N-dealkylation sites (N-methyl/N-ethyl adjacent to an activating group) is 1. The van der Waals surface area contributed by atoms with Crippen molar-refractivity contribution in [1.82, 2.24) is 9.69 Å². The smallest absolute Gasteiger partial charge is 0.258 e. The van der Waals surface area contributed by atoms with Gasteiger partial charge in [0.2, 0.25) is 0 Å². The molecule has 106 valence electrons. The second-order valence-corrected chi connectivity index (χ2v) is 6.28. The molecule has 19 heavy (non-hydrogen) atoms. The summed E-state index contributed by atoms with van der Waals surface area (Å²) in [6.45, 7) is 3.77. The van der Waals surface area contributed by atoms with Crippen LogP contribution in [0.1, 0.15) is 37.0 Å². The van der Waals surface area contributed by atoms with Gasteiger partial charge in [0.25, 0.3) is 5.91 Å². The van der Waals surface area contributed by atoms with Gasteiger partial charge in [0.15, 0.2) is 5.82 Å². The van der Waals surface area contributed by atoms with Crippen LogP contribution in [0, 0.1) is 0 Å². The molecule has 1 aliphatic carbocycles. The monoisotopic (exact) mass is 284 g/mol. The Kier molecular flexibility index (Phi) is 3.69. The fourth-order valence-corrected chi connectivity index (χ4v) is 2.54. The van der Waals surface area contributed by atoms with Crippen LogP contribution >= 0.6 is 11.5 Å². The van der Waals surface area contributed by atoms with Crippen molar-refractivity contribution in [2.45, 2.75) is 38.3 Å². The summed E-state index contributed by atoms with van der Waals surface area (Å²) in [6.07, 6.45) is 2.05. The van der Waals surface area contributed by atoms with Crippen LogP contribution in [0.5, 0.6) is 0 Å². The molecule has 0 saturated heterocycles. The average molecular weight is 284 g/mol. The van der Waals surface area contributed by atoms with E-state index in [1.807, 2.05) is 25.8 Å². The van der Waals surface area contributed by atoms with E-state index >= 15 is 0 Å². The molecule has 1 aromatic heterocycles. The Balaban J connectivity index is 2.28. The van der Waals surface area contributed by atoms with Crippen LogP contribution in [0.25, 0.3) is 0 Å². The molecule has 1 aromatic rings. The van der Waals surface area contributed by atoms with Crippen LogP contribution < -0.4 is 16.0 Å². The molecule has 1 fully saturated rings. The lowest BCUT2D eigenvalue weighted by atomic mass is 10.1. The highest BCUT2D eigenvalue weighted by Crippen LogP contribution is 2.34. The van der Waals surface area contributed by atoms with E-state index in [9.17, 15) is 9.90 Å². The highest BCUT2D eigenvalue weighted by Gasteiger charge is 2.32. The summed E-state index contributed by atoms with van der Waals surface area (Å²) in [6, 6.07) is 0.274. The summed E-state index contributed by atoms with van der Waals surface area (Å²) < 4.78 is 4.07. The van der Waals surface area contributed by atoms with Gasteiger partial charge in [0.05, 0.1) is 12.1 Å². The van der Waals surface area contributed by atoms with Crippen LogP contribution in [0.4, 0.5) is 10.8 Å². The van der Waals surface area contributed by atoms with E-state index in [4.69, 9.17) is 5.73 Å². The number of rotatable bonds is 5. The standard InChI is InChI=1S/C12H20N4O2S/c1-12(2,6-17)16(3)11-8(9(13)15-19-11)10(18)14-7-4-5-7/h7,17H,4-6H2,1-3H3,(H2,13,15)(H,14,18). The van der Waals surface area contributed by atoms with Gasteiger partial charge in [0.1, 0.15) is 10.6 Å². The Bertz CT molecular complexity index is 482. The lowest BCUT2D eigenvalue weighted by molar-refractivity contribution is 0.0952. The Labute approximate surface area is 116 Å². The number of hydrogen-bond donors (Lipinski definition) is 3. The van der Waals surface area contributed by atoms with Crippen molar-refractivity contribution < 1.29 is 9.90 Å². The molecule has 0 atom stereocenters. The van der Waals surface area contributed by atoms with E-state index in [0.717, 1.165) is 12.8 Å². The molecule has 0 aromatic carbocycles. The fourth-order valence-electron chi connectivity index (χ4n) is 1.60. The number of nitrogens with zero attached hydrogens (tertiary/aromatic N) is 2. The minimum Gasteiger partial charge on any atom is -0.394 e. The number of aromatic nitrogens is 1. The second-order valence-electron chi connectivity index (χ2n) is 5.53. The molecule has 0 radical (unpaired) electrons. The number of nitrogens with two attached hydrogens (primary N) is 1. The molecular formula is C12H20N4O2S. The normalized spacial score (nSPS) is 15.4. The van der Waals surface area contributed by atoms with Crippen molar-refractivity contribution in [2.24, 2.45) is 0 Å². The van der Waals surface area contributed by atoms with Crippen LogP contribution in [-0.2, 0) is 0 Å². The van der Waals surface area contributed by atoms with Gasteiger partial charge < -0.3 is 21.1 Å². The van der Waals surface area contributed by atoms with Gasteiger partial charge in [-0.25, -0.2) is 0 Å². The van der Waals surface area contributed by atoms with Crippen LogP contribution in [0.3, 0.4) is 0 Å². The number of amides is 1. The summed E-state index contributed by atoms with van der Waals surface area (Å²) in [7, 11) is 1.83. The van der Waals surface area contributed by atoms with Crippen molar-refractivity contribution >= 4 is 28.3 Å². The number of anilines is 2. The van der Waals surface area contributed by atoms with Crippen LogP contribution in [0.15, 0.2) is 0 Å². The van der Waals surface area contributed by atoms with Crippen molar-refractivity contribution in [2.75, 3.05) is 24.3 Å². The predicted octanol–water partition coefficient (Wildman–Crippen LogP) is 0.825. The number of nitrogens with one attached hydrogen (secondary N) is 1. The summed E-state index contributed by atoms with van der Waals surface area (Å²) >= 11 is 1.18. The number of aliphatic hydroxyl groups excluding tert-OH is 1. The Morgan fingerprint density at radius 1 is 1.63 bits per heavy atom. The lowest BCUT2D eigenvalue weighted by Gasteiger charge is -2.34. The molecule has 6 nitrogen and oxygen atoms in total. The molecule has 0 aliphatic heterocycles. The third-order valence-corrected chi connectivity index (χ3v) is 4.38. The summed E-state index contributed by atoms with van der Waals surface area (Å²) in [5, 5.41) is 13.0. The van der Waals surface area contributed by atoms with Crippen LogP contribution in [0.2, 0.25) is 0 Å². The van der Waals surface area contributed by atoms with Gasteiger partial charge in [-0.05, 0) is 38.2 Å². The first-order chi connectivity index (χ1) is 8.86. The van der Waals surface area contributed by atoms with Gasteiger partial charge in [-0.1, -0.05) is 0 Å². The minimum absolute atomic E-state index is 0.0228. The number of nitrogen functional groups attached to an aromatic ring is 1. The number of carbonyl (C=O) groups excluding carboxylic acids is 1. The van der Waals surface area contributed by atoms with Gasteiger partial charge in [-0.2, -0.15) is 4.37 Å². The van der Waals surface area contributed by atoms with Crippen molar-refractivity contribution in [3.63, 3.8) is 0 Å². The molecule has 0 bridgehead atoms. The van der Waals surface area contributed by atoms with Crippen molar-refractivity contribution in [3.05, 3.63) is 5.56 Å². The summed E-state index contributed by atoms with van der Waals surface area (Å²) in [4.78, 5) is 14.1. The molecule has 0 spiro atoms. The zero-order chi connectivity index (χ0) is 14.2. The lowest BCUT2D eigenvalue weighted by Crippen LogP contribution is -2.45. The molecule has 1 heterocycles. The zero-order valence-electron chi connectivity index (χ0n) is 11.4. The molecule has 1 amide bonds. The van der Waals surface area contributed by atoms with E-state index in [0.29, 0.717) is 10.6 Å². The molecular weight excluding hydrogens is 264 g/mol. The van der Waals surface area contributed by atoms with Gasteiger partial charge >= 0.3 is 0 Å². The number of hydrogen-bond acceptors (Lipinski definition) is 6. The highest BCUT2D eigenvalue weighted by atomic mass is 32.1. The van der Waals surface area contributed by atoms with Gasteiger partial charge in [-0.15, -0.1) is 0 Å². The summed E-state index contributed by atoms with van der Waals surface area (Å²) in [5.74, 6) is 0.0723. The fraction of sp³-hybridized carbons (Fsp3) is 0.667. The van der Waals surface area contributed by atoms with E-state index in [2.05, 4.69) is 9.69 Å². The Morgan fingerprint density at radius 2 is 2.26 bits per heavy atom. The van der Waals surface area contributed by atoms with Gasteiger partial charge in [0, 0.05) is 13.1 Å². The Hall–Kier alpha value is -1.34. The Morgan fingerprint density at radius 3 is 2.79 bits per heavy atom. The predicted molar refractivity (Wildman–Crippen MR) is 76.6 cm³/mol. The number of carbonyl (C=O) groups is 1. The maximum Gasteiger partial charge on any atom is 0.258 e. The minimum atomic E-state index is -0.479. The highest BCUT2D eigenvalue weighted by molar-refractivity contribution is 7.11. The quantitative estimate of drug-likeness (QED) is 0.745. The van der Waals surface area contributed by atoms with Crippen molar-refractivity contribution in [3.8, 4) is 0 Å². The first kappa shape index (κ1) is 14.1.